The molecule has 0 aliphatic heterocycles. The van der Waals surface area contributed by atoms with E-state index in [0.29, 0.717) is 5.92 Å². The van der Waals surface area contributed by atoms with Crippen LogP contribution >= 0.6 is 0 Å². The quantitative estimate of drug-likeness (QED) is 0.597. The van der Waals surface area contributed by atoms with Gasteiger partial charge in [-0.15, -0.1) is 0 Å². The smallest absolute Gasteiger partial charge is 0.181 e. The first kappa shape index (κ1) is 14.7. The van der Waals surface area contributed by atoms with E-state index in [9.17, 15) is 0 Å². The highest BCUT2D eigenvalue weighted by Gasteiger charge is 2.14. The van der Waals surface area contributed by atoms with Crippen LogP contribution in [0.2, 0.25) is 0 Å². The van der Waals surface area contributed by atoms with Gasteiger partial charge < -0.3 is 5.32 Å². The Labute approximate surface area is 141 Å². The zero-order valence-corrected chi connectivity index (χ0v) is 13.9. The molecule has 2 aromatic carbocycles. The van der Waals surface area contributed by atoms with Crippen molar-refractivity contribution < 1.29 is 0 Å². The highest BCUT2D eigenvalue weighted by Crippen LogP contribution is 2.28. The summed E-state index contributed by atoms with van der Waals surface area (Å²) < 4.78 is 2.19. The van der Waals surface area contributed by atoms with E-state index in [-0.39, 0.29) is 0 Å². The zero-order valence-electron chi connectivity index (χ0n) is 13.9. The van der Waals surface area contributed by atoms with Gasteiger partial charge in [0.1, 0.15) is 0 Å². The summed E-state index contributed by atoms with van der Waals surface area (Å²) in [5.41, 5.74) is 5.13. The van der Waals surface area contributed by atoms with Gasteiger partial charge in [-0.2, -0.15) is 0 Å². The maximum Gasteiger partial charge on any atom is 0.181 e. The second-order valence-electron chi connectivity index (χ2n) is 6.39. The number of rotatable bonds is 4. The summed E-state index contributed by atoms with van der Waals surface area (Å²) in [4.78, 5) is 9.45. The van der Waals surface area contributed by atoms with Gasteiger partial charge >= 0.3 is 0 Å². The number of para-hydroxylation sites is 2. The van der Waals surface area contributed by atoms with Crippen molar-refractivity contribution in [1.82, 2.24) is 14.4 Å². The molecule has 0 aliphatic carbocycles. The van der Waals surface area contributed by atoms with Crippen molar-refractivity contribution in [3.8, 4) is 11.3 Å². The third kappa shape index (κ3) is 2.50. The maximum absolute atomic E-state index is 4.79. The van der Waals surface area contributed by atoms with Crippen LogP contribution in [0.15, 0.2) is 60.8 Å². The minimum Gasteiger partial charge on any atom is -0.367 e. The number of imidazole rings is 1. The van der Waals surface area contributed by atoms with E-state index in [1.165, 1.54) is 0 Å². The fourth-order valence-electron chi connectivity index (χ4n) is 2.91. The van der Waals surface area contributed by atoms with Gasteiger partial charge in [-0.05, 0) is 18.1 Å². The van der Waals surface area contributed by atoms with Crippen molar-refractivity contribution in [1.29, 1.82) is 0 Å². The molecule has 0 spiro atoms. The number of benzene rings is 2. The summed E-state index contributed by atoms with van der Waals surface area (Å²) in [6.07, 6.45) is 1.93. The van der Waals surface area contributed by atoms with Gasteiger partial charge in [0, 0.05) is 12.1 Å². The van der Waals surface area contributed by atoms with E-state index >= 15 is 0 Å². The van der Waals surface area contributed by atoms with Crippen LogP contribution in [0.1, 0.15) is 13.8 Å². The summed E-state index contributed by atoms with van der Waals surface area (Å²) in [5.74, 6) is 1.38. The number of hydrogen-bond donors (Lipinski definition) is 1. The van der Waals surface area contributed by atoms with E-state index < -0.39 is 0 Å². The number of nitrogens with one attached hydrogen (secondary N) is 1. The minimum atomic E-state index is 0.543. The Morgan fingerprint density at radius 2 is 1.75 bits per heavy atom. The predicted octanol–water partition coefficient (Wildman–Crippen LogP) is 4.62. The second kappa shape index (κ2) is 5.96. The second-order valence-corrected chi connectivity index (χ2v) is 6.39. The zero-order chi connectivity index (χ0) is 16.5. The van der Waals surface area contributed by atoms with E-state index in [1.807, 2.05) is 30.5 Å². The molecule has 4 aromatic rings. The SMILES string of the molecule is CC(C)CNc1nc2ccccc2n2c(-c3ccccc3)cnc12. The first-order valence-corrected chi connectivity index (χ1v) is 8.29. The molecular formula is C20H20N4. The van der Waals surface area contributed by atoms with Crippen LogP contribution in [0.4, 0.5) is 5.82 Å². The Bertz CT molecular complexity index is 987. The molecule has 0 unspecified atom stereocenters. The predicted molar refractivity (Wildman–Crippen MR) is 99.3 cm³/mol. The molecule has 0 atom stereocenters. The molecule has 120 valence electrons. The lowest BCUT2D eigenvalue weighted by Gasteiger charge is -2.12. The highest BCUT2D eigenvalue weighted by molar-refractivity contribution is 5.86. The normalized spacial score (nSPS) is 11.5. The minimum absolute atomic E-state index is 0.543. The molecule has 0 fully saturated rings. The molecule has 0 amide bonds. The molecule has 2 heterocycles. The standard InChI is InChI=1S/C20H20N4/c1-14(2)12-21-19-20-22-13-18(15-8-4-3-5-9-15)24(20)17-11-7-6-10-16(17)23-19/h3-11,13-14H,12H2,1-2H3,(H,21,23). The number of hydrogen-bond acceptors (Lipinski definition) is 3. The molecule has 0 saturated heterocycles. The van der Waals surface area contributed by atoms with Crippen LogP contribution < -0.4 is 5.32 Å². The van der Waals surface area contributed by atoms with Crippen molar-refractivity contribution in [2.45, 2.75) is 13.8 Å². The van der Waals surface area contributed by atoms with E-state index in [0.717, 1.165) is 40.3 Å². The van der Waals surface area contributed by atoms with Gasteiger partial charge in [0.2, 0.25) is 0 Å². The van der Waals surface area contributed by atoms with Gasteiger partial charge in [-0.3, -0.25) is 4.40 Å². The summed E-state index contributed by atoms with van der Waals surface area (Å²) in [7, 11) is 0. The largest absolute Gasteiger partial charge is 0.367 e. The first-order valence-electron chi connectivity index (χ1n) is 8.29. The van der Waals surface area contributed by atoms with Crippen molar-refractivity contribution in [3.63, 3.8) is 0 Å². The van der Waals surface area contributed by atoms with Crippen molar-refractivity contribution in [3.05, 3.63) is 60.8 Å². The molecule has 0 aliphatic rings. The average molecular weight is 316 g/mol. The Hall–Kier alpha value is -2.88. The Kier molecular flexibility index (Phi) is 3.65. The lowest BCUT2D eigenvalue weighted by atomic mass is 10.1. The van der Waals surface area contributed by atoms with Crippen LogP contribution in [-0.2, 0) is 0 Å². The monoisotopic (exact) mass is 316 g/mol. The van der Waals surface area contributed by atoms with E-state index in [1.54, 1.807) is 0 Å². The molecule has 0 bridgehead atoms. The fourth-order valence-corrected chi connectivity index (χ4v) is 2.91. The lowest BCUT2D eigenvalue weighted by Crippen LogP contribution is -2.11. The number of fused-ring (bicyclic) bond motifs is 3. The molecule has 2 aromatic heterocycles. The number of aromatic nitrogens is 3. The average Bonchev–Trinajstić information content (AvgIpc) is 3.06. The Morgan fingerprint density at radius 1 is 1.00 bits per heavy atom. The highest BCUT2D eigenvalue weighted by atomic mass is 15.1. The summed E-state index contributed by atoms with van der Waals surface area (Å²) in [6, 6.07) is 18.6. The van der Waals surface area contributed by atoms with E-state index in [2.05, 4.69) is 58.9 Å². The first-order chi connectivity index (χ1) is 11.7. The topological polar surface area (TPSA) is 42.2 Å². The van der Waals surface area contributed by atoms with Crippen LogP contribution in [0.5, 0.6) is 0 Å². The van der Waals surface area contributed by atoms with Gasteiger partial charge in [0.05, 0.1) is 22.9 Å². The van der Waals surface area contributed by atoms with Gasteiger partial charge in [-0.1, -0.05) is 56.3 Å². The summed E-state index contributed by atoms with van der Waals surface area (Å²) in [5, 5.41) is 3.45. The molecule has 0 saturated carbocycles. The van der Waals surface area contributed by atoms with Crippen LogP contribution in [0.3, 0.4) is 0 Å². The van der Waals surface area contributed by atoms with Crippen molar-refractivity contribution >= 4 is 22.5 Å². The molecule has 4 nitrogen and oxygen atoms in total. The maximum atomic E-state index is 4.79. The van der Waals surface area contributed by atoms with Crippen LogP contribution in [-0.4, -0.2) is 20.9 Å². The Morgan fingerprint density at radius 3 is 2.54 bits per heavy atom. The van der Waals surface area contributed by atoms with E-state index in [4.69, 9.17) is 4.98 Å². The Balaban J connectivity index is 2.00. The molecular weight excluding hydrogens is 296 g/mol. The number of anilines is 1. The van der Waals surface area contributed by atoms with Crippen LogP contribution in [0, 0.1) is 5.92 Å². The van der Waals surface area contributed by atoms with Gasteiger partial charge in [0.15, 0.2) is 11.5 Å². The van der Waals surface area contributed by atoms with Crippen molar-refractivity contribution in [2.75, 3.05) is 11.9 Å². The van der Waals surface area contributed by atoms with Crippen molar-refractivity contribution in [2.24, 2.45) is 5.92 Å². The third-order valence-electron chi connectivity index (χ3n) is 4.08. The molecule has 4 rings (SSSR count). The summed E-state index contributed by atoms with van der Waals surface area (Å²) >= 11 is 0. The van der Waals surface area contributed by atoms with Crippen LogP contribution in [0.25, 0.3) is 27.9 Å². The molecule has 24 heavy (non-hydrogen) atoms. The lowest BCUT2D eigenvalue weighted by molar-refractivity contribution is 0.687. The number of nitrogens with zero attached hydrogens (tertiary/aromatic N) is 3. The molecule has 1 N–H and O–H groups in total. The summed E-state index contributed by atoms with van der Waals surface area (Å²) in [6.45, 7) is 5.24. The van der Waals surface area contributed by atoms with Gasteiger partial charge in [-0.25, -0.2) is 9.97 Å². The molecule has 4 heteroatoms. The van der Waals surface area contributed by atoms with Gasteiger partial charge in [0.25, 0.3) is 0 Å². The molecule has 0 radical (unpaired) electrons. The fraction of sp³-hybridized carbons (Fsp3) is 0.200. The third-order valence-corrected chi connectivity index (χ3v) is 4.08.